The normalized spacial score (nSPS) is 12.8. The SMILES string of the molecule is Cc1nn(C)c(/C(OCOC(=O)C(F)(F)F)=C(\C#N)c2ccc(C(C)(C)C)cc2)c1C. The number of allylic oxidation sites excluding steroid dienone is 1. The largest absolute Gasteiger partial charge is 0.491 e. The van der Waals surface area contributed by atoms with Gasteiger partial charge < -0.3 is 9.47 Å². The molecule has 1 aromatic carbocycles. The summed E-state index contributed by atoms with van der Waals surface area (Å²) in [5, 5.41) is 14.1. The maximum absolute atomic E-state index is 12.4. The maximum atomic E-state index is 12.4. The first-order valence-corrected chi connectivity index (χ1v) is 9.40. The Morgan fingerprint density at radius 2 is 1.71 bits per heavy atom. The number of carbonyl (C=O) groups excluding carboxylic acids is 1. The van der Waals surface area contributed by atoms with Crippen LogP contribution in [0.5, 0.6) is 0 Å². The third-order valence-electron chi connectivity index (χ3n) is 4.74. The monoisotopic (exact) mass is 435 g/mol. The van der Waals surface area contributed by atoms with Gasteiger partial charge >= 0.3 is 12.1 Å². The number of aryl methyl sites for hydroxylation is 2. The van der Waals surface area contributed by atoms with Crippen LogP contribution in [0.3, 0.4) is 0 Å². The summed E-state index contributed by atoms with van der Waals surface area (Å²) in [6.45, 7) is 8.64. The summed E-state index contributed by atoms with van der Waals surface area (Å²) in [5.74, 6) is -2.40. The third-order valence-corrected chi connectivity index (χ3v) is 4.74. The molecule has 0 saturated heterocycles. The zero-order chi connectivity index (χ0) is 23.6. The molecule has 0 atom stereocenters. The van der Waals surface area contributed by atoms with Gasteiger partial charge in [0.05, 0.1) is 5.69 Å². The summed E-state index contributed by atoms with van der Waals surface area (Å²) in [6.07, 6.45) is -5.15. The van der Waals surface area contributed by atoms with Crippen LogP contribution in [0, 0.1) is 25.2 Å². The number of benzene rings is 1. The van der Waals surface area contributed by atoms with E-state index in [1.165, 1.54) is 4.68 Å². The Hall–Kier alpha value is -3.28. The molecule has 0 radical (unpaired) electrons. The molecule has 0 aliphatic carbocycles. The van der Waals surface area contributed by atoms with Crippen molar-refractivity contribution in [3.05, 3.63) is 52.3 Å². The zero-order valence-corrected chi connectivity index (χ0v) is 18.2. The first-order valence-electron chi connectivity index (χ1n) is 9.40. The van der Waals surface area contributed by atoms with E-state index in [9.17, 15) is 23.2 Å². The fourth-order valence-corrected chi connectivity index (χ4v) is 2.95. The Morgan fingerprint density at radius 1 is 1.13 bits per heavy atom. The molecule has 1 aromatic heterocycles. The van der Waals surface area contributed by atoms with Gasteiger partial charge in [0.1, 0.15) is 17.3 Å². The highest BCUT2D eigenvalue weighted by Crippen LogP contribution is 2.32. The summed E-state index contributed by atoms with van der Waals surface area (Å²) in [4.78, 5) is 11.0. The molecule has 9 heteroatoms. The molecule has 166 valence electrons. The van der Waals surface area contributed by atoms with E-state index in [2.05, 4.69) is 15.9 Å². The highest BCUT2D eigenvalue weighted by molar-refractivity contribution is 5.94. The van der Waals surface area contributed by atoms with Crippen LogP contribution in [-0.2, 0) is 26.7 Å². The van der Waals surface area contributed by atoms with E-state index in [1.807, 2.05) is 32.9 Å². The second kappa shape index (κ2) is 8.84. The van der Waals surface area contributed by atoms with Crippen molar-refractivity contribution in [1.82, 2.24) is 9.78 Å². The van der Waals surface area contributed by atoms with Crippen molar-refractivity contribution in [3.63, 3.8) is 0 Å². The number of esters is 1. The minimum absolute atomic E-state index is 0.0263. The number of hydrogen-bond donors (Lipinski definition) is 0. The standard InChI is InChI=1S/C22H24F3N3O3/c1-13-14(2)27-28(6)18(13)19(30-12-31-20(29)22(23,24)25)17(11-26)15-7-9-16(10-8-15)21(3,4)5/h7-10H,12H2,1-6H3/b19-17-. The topological polar surface area (TPSA) is 77.1 Å². The lowest BCUT2D eigenvalue weighted by Crippen LogP contribution is -2.26. The Morgan fingerprint density at radius 3 is 2.13 bits per heavy atom. The van der Waals surface area contributed by atoms with Gasteiger partial charge in [-0.3, -0.25) is 4.68 Å². The molecule has 31 heavy (non-hydrogen) atoms. The lowest BCUT2D eigenvalue weighted by atomic mass is 9.86. The van der Waals surface area contributed by atoms with Crippen LogP contribution in [0.2, 0.25) is 0 Å². The van der Waals surface area contributed by atoms with E-state index >= 15 is 0 Å². The quantitative estimate of drug-likeness (QED) is 0.292. The van der Waals surface area contributed by atoms with Gasteiger partial charge in [0, 0.05) is 12.6 Å². The number of carbonyl (C=O) groups is 1. The van der Waals surface area contributed by atoms with Crippen LogP contribution in [0.1, 0.15) is 48.8 Å². The molecule has 0 amide bonds. The average Bonchev–Trinajstić information content (AvgIpc) is 2.91. The highest BCUT2D eigenvalue weighted by atomic mass is 19.4. The molecule has 0 unspecified atom stereocenters. The van der Waals surface area contributed by atoms with E-state index in [0.29, 0.717) is 22.5 Å². The van der Waals surface area contributed by atoms with E-state index in [4.69, 9.17) is 4.74 Å². The molecular weight excluding hydrogens is 411 g/mol. The molecule has 0 fully saturated rings. The molecule has 1 heterocycles. The van der Waals surface area contributed by atoms with Crippen molar-refractivity contribution in [2.75, 3.05) is 6.79 Å². The molecule has 6 nitrogen and oxygen atoms in total. The Bertz CT molecular complexity index is 1040. The summed E-state index contributed by atoms with van der Waals surface area (Å²) >= 11 is 0. The van der Waals surface area contributed by atoms with E-state index < -0.39 is 18.9 Å². The first-order chi connectivity index (χ1) is 14.3. The van der Waals surface area contributed by atoms with Gasteiger partial charge in [-0.1, -0.05) is 45.0 Å². The summed E-state index contributed by atoms with van der Waals surface area (Å²) in [7, 11) is 1.62. The molecule has 0 spiro atoms. The smallest absolute Gasteiger partial charge is 0.454 e. The van der Waals surface area contributed by atoms with Gasteiger partial charge in [-0.2, -0.15) is 23.5 Å². The molecule has 2 aromatic rings. The van der Waals surface area contributed by atoms with E-state index in [-0.39, 0.29) is 16.7 Å². The molecule has 0 aliphatic rings. The summed E-state index contributed by atoms with van der Waals surface area (Å²) < 4.78 is 48.4. The lowest BCUT2D eigenvalue weighted by molar-refractivity contribution is -0.206. The number of hydrogen-bond acceptors (Lipinski definition) is 5. The molecule has 0 N–H and O–H groups in total. The molecule has 0 saturated carbocycles. The minimum atomic E-state index is -5.15. The van der Waals surface area contributed by atoms with Crippen LogP contribution >= 0.6 is 0 Å². The fraction of sp³-hybridized carbons (Fsp3) is 0.409. The van der Waals surface area contributed by atoms with Crippen molar-refractivity contribution in [3.8, 4) is 6.07 Å². The summed E-state index contributed by atoms with van der Waals surface area (Å²) in [5.41, 5.74) is 3.26. The second-order valence-electron chi connectivity index (χ2n) is 8.02. The predicted molar refractivity (Wildman–Crippen MR) is 108 cm³/mol. The highest BCUT2D eigenvalue weighted by Gasteiger charge is 2.41. The van der Waals surface area contributed by atoms with Crippen LogP contribution in [-0.4, -0.2) is 28.7 Å². The van der Waals surface area contributed by atoms with Gasteiger partial charge in [-0.15, -0.1) is 0 Å². The number of nitrogens with zero attached hydrogens (tertiary/aromatic N) is 3. The zero-order valence-electron chi connectivity index (χ0n) is 18.2. The summed E-state index contributed by atoms with van der Waals surface area (Å²) in [6, 6.07) is 9.28. The van der Waals surface area contributed by atoms with Gasteiger partial charge in [0.2, 0.25) is 6.79 Å². The van der Waals surface area contributed by atoms with Crippen LogP contribution in [0.25, 0.3) is 11.3 Å². The van der Waals surface area contributed by atoms with Crippen molar-refractivity contribution in [2.24, 2.45) is 7.05 Å². The van der Waals surface area contributed by atoms with Gasteiger partial charge in [-0.25, -0.2) is 4.79 Å². The molecule has 0 aliphatic heterocycles. The molecule has 2 rings (SSSR count). The number of aromatic nitrogens is 2. The second-order valence-corrected chi connectivity index (χ2v) is 8.02. The van der Waals surface area contributed by atoms with E-state index in [1.54, 1.807) is 33.0 Å². The average molecular weight is 435 g/mol. The first kappa shape index (κ1) is 24.0. The Kier molecular flexibility index (Phi) is 6.84. The number of ether oxygens (including phenoxy) is 2. The third kappa shape index (κ3) is 5.45. The maximum Gasteiger partial charge on any atom is 0.491 e. The van der Waals surface area contributed by atoms with Crippen LogP contribution in [0.4, 0.5) is 13.2 Å². The van der Waals surface area contributed by atoms with Gasteiger partial charge in [-0.05, 0) is 30.4 Å². The van der Waals surface area contributed by atoms with Crippen LogP contribution < -0.4 is 0 Å². The van der Waals surface area contributed by atoms with Gasteiger partial charge in [0.15, 0.2) is 5.76 Å². The van der Waals surface area contributed by atoms with Crippen LogP contribution in [0.15, 0.2) is 24.3 Å². The fourth-order valence-electron chi connectivity index (χ4n) is 2.95. The Labute approximate surface area is 178 Å². The molecule has 0 bridgehead atoms. The van der Waals surface area contributed by atoms with E-state index in [0.717, 1.165) is 5.56 Å². The number of alkyl halides is 3. The lowest BCUT2D eigenvalue weighted by Gasteiger charge is -2.19. The molecular formula is C22H24F3N3O3. The minimum Gasteiger partial charge on any atom is -0.454 e. The Balaban J connectivity index is 2.54. The predicted octanol–water partition coefficient (Wildman–Crippen LogP) is 4.81. The number of rotatable bonds is 5. The van der Waals surface area contributed by atoms with Gasteiger partial charge in [0.25, 0.3) is 0 Å². The van der Waals surface area contributed by atoms with Crippen molar-refractivity contribution >= 4 is 17.3 Å². The van der Waals surface area contributed by atoms with Crippen molar-refractivity contribution in [1.29, 1.82) is 5.26 Å². The number of halogens is 3. The van der Waals surface area contributed by atoms with Crippen molar-refractivity contribution in [2.45, 2.75) is 46.2 Å². The number of nitriles is 1. The van der Waals surface area contributed by atoms with Crippen molar-refractivity contribution < 1.29 is 27.4 Å².